The van der Waals surface area contributed by atoms with Crippen LogP contribution in [0.25, 0.3) is 16.8 Å². The van der Waals surface area contributed by atoms with Gasteiger partial charge in [0.25, 0.3) is 0 Å². The van der Waals surface area contributed by atoms with Gasteiger partial charge in [-0.25, -0.2) is 4.98 Å². The lowest BCUT2D eigenvalue weighted by Crippen LogP contribution is -1.92. The van der Waals surface area contributed by atoms with Gasteiger partial charge in [0, 0.05) is 17.1 Å². The zero-order valence-electron chi connectivity index (χ0n) is 13.7. The lowest BCUT2D eigenvalue weighted by Gasteiger charge is -2.05. The van der Waals surface area contributed by atoms with Crippen LogP contribution in [-0.4, -0.2) is 12.1 Å². The monoisotopic (exact) mass is 401 g/mol. The Morgan fingerprint density at radius 3 is 2.85 bits per heavy atom. The van der Waals surface area contributed by atoms with Gasteiger partial charge in [-0.2, -0.15) is 5.26 Å². The number of anilines is 1. The SMILES string of the molecule is COc1cccc(-c2csc(C(C#N)=CNc3cccc(Cl)c3Cl)n2)c1. The highest BCUT2D eigenvalue weighted by Gasteiger charge is 2.10. The van der Waals surface area contributed by atoms with E-state index in [1.54, 1.807) is 31.5 Å². The number of hydrogen-bond donors (Lipinski definition) is 1. The van der Waals surface area contributed by atoms with Crippen LogP contribution in [0.15, 0.2) is 54.0 Å². The van der Waals surface area contributed by atoms with Gasteiger partial charge in [-0.15, -0.1) is 11.3 Å². The first-order chi connectivity index (χ1) is 12.6. The highest BCUT2D eigenvalue weighted by molar-refractivity contribution is 7.11. The third kappa shape index (κ3) is 4.00. The van der Waals surface area contributed by atoms with Crippen LogP contribution >= 0.6 is 34.5 Å². The van der Waals surface area contributed by atoms with Gasteiger partial charge >= 0.3 is 0 Å². The second kappa shape index (κ2) is 8.24. The summed E-state index contributed by atoms with van der Waals surface area (Å²) >= 11 is 13.5. The first-order valence-corrected chi connectivity index (χ1v) is 9.17. The molecule has 130 valence electrons. The van der Waals surface area contributed by atoms with E-state index in [1.165, 1.54) is 11.3 Å². The summed E-state index contributed by atoms with van der Waals surface area (Å²) in [7, 11) is 1.62. The van der Waals surface area contributed by atoms with Gasteiger partial charge in [0.05, 0.1) is 28.5 Å². The van der Waals surface area contributed by atoms with Crippen molar-refractivity contribution in [3.63, 3.8) is 0 Å². The summed E-state index contributed by atoms with van der Waals surface area (Å²) < 4.78 is 5.24. The molecule has 1 heterocycles. The summed E-state index contributed by atoms with van der Waals surface area (Å²) in [6, 6.07) is 15.0. The molecule has 0 bridgehead atoms. The predicted molar refractivity (Wildman–Crippen MR) is 108 cm³/mol. The molecule has 0 unspecified atom stereocenters. The van der Waals surface area contributed by atoms with Crippen molar-refractivity contribution < 1.29 is 4.74 Å². The first kappa shape index (κ1) is 18.3. The van der Waals surface area contributed by atoms with Crippen LogP contribution in [0.3, 0.4) is 0 Å². The Morgan fingerprint density at radius 2 is 2.08 bits per heavy atom. The minimum Gasteiger partial charge on any atom is -0.497 e. The molecule has 0 radical (unpaired) electrons. The molecule has 0 aliphatic carbocycles. The number of nitriles is 1. The second-order valence-corrected chi connectivity index (χ2v) is 6.83. The molecule has 0 saturated heterocycles. The molecule has 0 aliphatic heterocycles. The molecule has 26 heavy (non-hydrogen) atoms. The number of benzene rings is 2. The Hall–Kier alpha value is -2.52. The number of methoxy groups -OCH3 is 1. The van der Waals surface area contributed by atoms with Crippen molar-refractivity contribution in [2.24, 2.45) is 0 Å². The Morgan fingerprint density at radius 1 is 1.27 bits per heavy atom. The molecule has 0 saturated carbocycles. The van der Waals surface area contributed by atoms with E-state index in [1.807, 2.05) is 29.6 Å². The predicted octanol–water partition coefficient (Wildman–Crippen LogP) is 6.10. The van der Waals surface area contributed by atoms with E-state index in [0.717, 1.165) is 17.0 Å². The Labute approximate surface area is 165 Å². The fourth-order valence-electron chi connectivity index (χ4n) is 2.22. The number of nitrogens with zero attached hydrogens (tertiary/aromatic N) is 2. The molecular weight excluding hydrogens is 389 g/mol. The molecule has 3 aromatic rings. The van der Waals surface area contributed by atoms with Crippen LogP contribution in [-0.2, 0) is 0 Å². The van der Waals surface area contributed by atoms with Crippen molar-refractivity contribution in [3.05, 3.63) is 69.1 Å². The molecule has 4 nitrogen and oxygen atoms in total. The Bertz CT molecular complexity index is 1010. The molecule has 0 aliphatic rings. The van der Waals surface area contributed by atoms with E-state index in [2.05, 4.69) is 16.4 Å². The summed E-state index contributed by atoms with van der Waals surface area (Å²) in [5, 5.41) is 15.8. The lowest BCUT2D eigenvalue weighted by molar-refractivity contribution is 0.415. The summed E-state index contributed by atoms with van der Waals surface area (Å²) in [5.74, 6) is 0.755. The average molecular weight is 402 g/mol. The maximum absolute atomic E-state index is 9.47. The number of halogens is 2. The number of allylic oxidation sites excluding steroid dienone is 1. The van der Waals surface area contributed by atoms with Crippen LogP contribution in [0.2, 0.25) is 10.0 Å². The van der Waals surface area contributed by atoms with Gasteiger partial charge in [-0.3, -0.25) is 0 Å². The summed E-state index contributed by atoms with van der Waals surface area (Å²) in [6.45, 7) is 0. The second-order valence-electron chi connectivity index (χ2n) is 5.19. The van der Waals surface area contributed by atoms with Crippen LogP contribution in [0, 0.1) is 11.3 Å². The van der Waals surface area contributed by atoms with Crippen molar-refractivity contribution in [3.8, 4) is 23.1 Å². The normalized spacial score (nSPS) is 11.1. The van der Waals surface area contributed by atoms with Gasteiger partial charge in [-0.05, 0) is 24.3 Å². The van der Waals surface area contributed by atoms with E-state index in [4.69, 9.17) is 27.9 Å². The lowest BCUT2D eigenvalue weighted by atomic mass is 10.1. The summed E-state index contributed by atoms with van der Waals surface area (Å²) in [6.07, 6.45) is 1.58. The first-order valence-electron chi connectivity index (χ1n) is 7.53. The number of nitrogens with one attached hydrogen (secondary N) is 1. The number of aromatic nitrogens is 1. The quantitative estimate of drug-likeness (QED) is 0.524. The minimum absolute atomic E-state index is 0.402. The van der Waals surface area contributed by atoms with Gasteiger partial charge in [0.1, 0.15) is 22.4 Å². The molecule has 3 rings (SSSR count). The van der Waals surface area contributed by atoms with Gasteiger partial charge in [-0.1, -0.05) is 41.4 Å². The largest absolute Gasteiger partial charge is 0.497 e. The molecule has 1 N–H and O–H groups in total. The molecular formula is C19H13Cl2N3OS. The van der Waals surface area contributed by atoms with Gasteiger partial charge < -0.3 is 10.1 Å². The summed E-state index contributed by atoms with van der Waals surface area (Å²) in [5.41, 5.74) is 2.73. The number of hydrogen-bond acceptors (Lipinski definition) is 5. The fraction of sp³-hybridized carbons (Fsp3) is 0.0526. The molecule has 0 amide bonds. The average Bonchev–Trinajstić information content (AvgIpc) is 3.15. The number of ether oxygens (including phenoxy) is 1. The maximum atomic E-state index is 9.47. The zero-order valence-corrected chi connectivity index (χ0v) is 16.0. The Balaban J connectivity index is 1.86. The maximum Gasteiger partial charge on any atom is 0.136 e. The van der Waals surface area contributed by atoms with E-state index < -0.39 is 0 Å². The van der Waals surface area contributed by atoms with Crippen LogP contribution < -0.4 is 10.1 Å². The van der Waals surface area contributed by atoms with Gasteiger partial charge in [0.2, 0.25) is 0 Å². The molecule has 2 aromatic carbocycles. The molecule has 1 aromatic heterocycles. The fourth-order valence-corrected chi connectivity index (χ4v) is 3.37. The van der Waals surface area contributed by atoms with Crippen molar-refractivity contribution in [2.75, 3.05) is 12.4 Å². The number of thiazole rings is 1. The van der Waals surface area contributed by atoms with E-state index in [-0.39, 0.29) is 0 Å². The molecule has 0 spiro atoms. The van der Waals surface area contributed by atoms with Crippen LogP contribution in [0.1, 0.15) is 5.01 Å². The van der Waals surface area contributed by atoms with Crippen molar-refractivity contribution in [2.45, 2.75) is 0 Å². The van der Waals surface area contributed by atoms with E-state index >= 15 is 0 Å². The van der Waals surface area contributed by atoms with Crippen molar-refractivity contribution in [1.82, 2.24) is 4.98 Å². The van der Waals surface area contributed by atoms with E-state index in [0.29, 0.717) is 26.3 Å². The van der Waals surface area contributed by atoms with Crippen molar-refractivity contribution >= 4 is 45.8 Å². The third-order valence-corrected chi connectivity index (χ3v) is 5.24. The Kier molecular flexibility index (Phi) is 5.79. The number of rotatable bonds is 5. The van der Waals surface area contributed by atoms with Gasteiger partial charge in [0.15, 0.2) is 0 Å². The van der Waals surface area contributed by atoms with Crippen LogP contribution in [0.4, 0.5) is 5.69 Å². The highest BCUT2D eigenvalue weighted by Crippen LogP contribution is 2.31. The highest BCUT2D eigenvalue weighted by atomic mass is 35.5. The topological polar surface area (TPSA) is 57.9 Å². The zero-order chi connectivity index (χ0) is 18.5. The summed E-state index contributed by atoms with van der Waals surface area (Å²) in [4.78, 5) is 4.55. The van der Waals surface area contributed by atoms with Crippen molar-refractivity contribution in [1.29, 1.82) is 5.26 Å². The molecule has 0 fully saturated rings. The molecule has 0 atom stereocenters. The molecule has 7 heteroatoms. The minimum atomic E-state index is 0.402. The standard InChI is InChI=1S/C19H13Cl2N3OS/c1-25-14-5-2-4-12(8-14)17-11-26-19(24-17)13(9-22)10-23-16-7-3-6-15(20)18(16)21/h2-8,10-11,23H,1H3. The smallest absolute Gasteiger partial charge is 0.136 e. The van der Waals surface area contributed by atoms with Crippen LogP contribution in [0.5, 0.6) is 5.75 Å². The third-order valence-electron chi connectivity index (χ3n) is 3.54. The van der Waals surface area contributed by atoms with E-state index in [9.17, 15) is 5.26 Å².